The van der Waals surface area contributed by atoms with Crippen molar-refractivity contribution in [3.05, 3.63) is 58.4 Å². The first-order valence-corrected chi connectivity index (χ1v) is 5.00. The summed E-state index contributed by atoms with van der Waals surface area (Å²) < 4.78 is 0. The van der Waals surface area contributed by atoms with Gasteiger partial charge in [0.25, 0.3) is 0 Å². The fraction of sp³-hybridized carbons (Fsp3) is 0.0833. The molecule has 0 aliphatic heterocycles. The molecule has 0 spiro atoms. The summed E-state index contributed by atoms with van der Waals surface area (Å²) in [7, 11) is 0. The highest BCUT2D eigenvalue weighted by Crippen LogP contribution is 2.18. The lowest BCUT2D eigenvalue weighted by atomic mass is 10.0. The smallest absolute Gasteiger partial charge is 0.194 e. The lowest BCUT2D eigenvalue weighted by Gasteiger charge is -2.01. The monoisotopic (exact) mass is 219 g/mol. The highest BCUT2D eigenvalue weighted by molar-refractivity contribution is 6.31. The Hall–Kier alpha value is -1.54. The minimum Gasteiger partial charge on any atom is -0.367 e. The number of halogens is 1. The van der Waals surface area contributed by atoms with Crippen molar-refractivity contribution in [1.29, 1.82) is 0 Å². The Bertz CT molecular complexity index is 488. The number of H-pyrrole nitrogens is 1. The minimum atomic E-state index is -0.0156. The molecule has 1 heterocycles. The first-order chi connectivity index (χ1) is 7.18. The summed E-state index contributed by atoms with van der Waals surface area (Å²) in [5.41, 5.74) is 2.24. The van der Waals surface area contributed by atoms with E-state index in [1.807, 2.05) is 13.0 Å². The van der Waals surface area contributed by atoms with Gasteiger partial charge in [-0.1, -0.05) is 23.7 Å². The second-order valence-electron chi connectivity index (χ2n) is 3.39. The van der Waals surface area contributed by atoms with Gasteiger partial charge in [0, 0.05) is 28.5 Å². The summed E-state index contributed by atoms with van der Waals surface area (Å²) in [6, 6.07) is 7.08. The van der Waals surface area contributed by atoms with Gasteiger partial charge >= 0.3 is 0 Å². The predicted octanol–water partition coefficient (Wildman–Crippen LogP) is 3.21. The fourth-order valence-electron chi connectivity index (χ4n) is 1.37. The molecule has 0 bridgehead atoms. The van der Waals surface area contributed by atoms with Crippen LogP contribution in [0, 0.1) is 6.92 Å². The highest BCUT2D eigenvalue weighted by Gasteiger charge is 2.09. The van der Waals surface area contributed by atoms with E-state index in [2.05, 4.69) is 4.98 Å². The summed E-state index contributed by atoms with van der Waals surface area (Å²) in [4.78, 5) is 14.7. The quantitative estimate of drug-likeness (QED) is 0.773. The van der Waals surface area contributed by atoms with E-state index < -0.39 is 0 Å². The summed E-state index contributed by atoms with van der Waals surface area (Å²) in [6.45, 7) is 1.91. The van der Waals surface area contributed by atoms with Gasteiger partial charge in [-0.25, -0.2) is 0 Å². The van der Waals surface area contributed by atoms with Crippen LogP contribution >= 0.6 is 11.6 Å². The van der Waals surface area contributed by atoms with Gasteiger partial charge in [0.2, 0.25) is 0 Å². The summed E-state index contributed by atoms with van der Waals surface area (Å²) >= 11 is 5.96. The van der Waals surface area contributed by atoms with Crippen molar-refractivity contribution < 1.29 is 4.79 Å². The van der Waals surface area contributed by atoms with Gasteiger partial charge in [-0.05, 0) is 24.6 Å². The fourth-order valence-corrected chi connectivity index (χ4v) is 1.55. The number of aryl methyl sites for hydroxylation is 1. The standard InChI is InChI=1S/C12H10ClNO/c1-8-2-3-9(6-11(8)13)12(15)10-4-5-14-7-10/h2-7,14H,1H3. The molecular weight excluding hydrogens is 210 g/mol. The predicted molar refractivity (Wildman–Crippen MR) is 60.4 cm³/mol. The molecule has 0 saturated carbocycles. The first-order valence-electron chi connectivity index (χ1n) is 4.62. The number of hydrogen-bond acceptors (Lipinski definition) is 1. The zero-order chi connectivity index (χ0) is 10.8. The number of nitrogens with one attached hydrogen (secondary N) is 1. The Balaban J connectivity index is 2.39. The van der Waals surface area contributed by atoms with Gasteiger partial charge in [0.05, 0.1) is 0 Å². The van der Waals surface area contributed by atoms with Crippen LogP contribution in [0.15, 0.2) is 36.7 Å². The molecule has 0 aliphatic rings. The van der Waals surface area contributed by atoms with E-state index in [0.29, 0.717) is 16.1 Å². The number of rotatable bonds is 2. The van der Waals surface area contributed by atoms with Crippen molar-refractivity contribution in [2.75, 3.05) is 0 Å². The Labute approximate surface area is 92.9 Å². The molecule has 3 heteroatoms. The highest BCUT2D eigenvalue weighted by atomic mass is 35.5. The Kier molecular flexibility index (Phi) is 2.60. The first kappa shape index (κ1) is 9.99. The van der Waals surface area contributed by atoms with Crippen LogP contribution in [0.3, 0.4) is 0 Å². The number of aromatic amines is 1. The van der Waals surface area contributed by atoms with Crippen molar-refractivity contribution in [3.8, 4) is 0 Å². The molecule has 2 nitrogen and oxygen atoms in total. The van der Waals surface area contributed by atoms with Crippen LogP contribution in [0.5, 0.6) is 0 Å². The molecule has 0 saturated heterocycles. The second-order valence-corrected chi connectivity index (χ2v) is 3.80. The Morgan fingerprint density at radius 2 is 2.07 bits per heavy atom. The van der Waals surface area contributed by atoms with Gasteiger partial charge in [-0.15, -0.1) is 0 Å². The third kappa shape index (κ3) is 1.95. The maximum atomic E-state index is 11.9. The van der Waals surface area contributed by atoms with Crippen molar-refractivity contribution in [3.63, 3.8) is 0 Å². The summed E-state index contributed by atoms with van der Waals surface area (Å²) in [6.07, 6.45) is 3.40. The molecule has 0 unspecified atom stereocenters. The summed E-state index contributed by atoms with van der Waals surface area (Å²) in [5.74, 6) is -0.0156. The lowest BCUT2D eigenvalue weighted by molar-refractivity contribution is 0.103. The number of aromatic nitrogens is 1. The number of carbonyl (C=O) groups excluding carboxylic acids is 1. The largest absolute Gasteiger partial charge is 0.367 e. The maximum Gasteiger partial charge on any atom is 0.194 e. The van der Waals surface area contributed by atoms with E-state index in [1.165, 1.54) is 0 Å². The number of benzene rings is 1. The van der Waals surface area contributed by atoms with E-state index in [9.17, 15) is 4.79 Å². The molecule has 15 heavy (non-hydrogen) atoms. The maximum absolute atomic E-state index is 11.9. The van der Waals surface area contributed by atoms with Crippen LogP contribution < -0.4 is 0 Å². The lowest BCUT2D eigenvalue weighted by Crippen LogP contribution is -1.99. The zero-order valence-electron chi connectivity index (χ0n) is 8.25. The van der Waals surface area contributed by atoms with Crippen LogP contribution in [0.2, 0.25) is 5.02 Å². The third-order valence-electron chi connectivity index (χ3n) is 2.29. The van der Waals surface area contributed by atoms with Crippen molar-refractivity contribution in [2.45, 2.75) is 6.92 Å². The van der Waals surface area contributed by atoms with E-state index >= 15 is 0 Å². The summed E-state index contributed by atoms with van der Waals surface area (Å²) in [5, 5.41) is 0.622. The van der Waals surface area contributed by atoms with E-state index in [4.69, 9.17) is 11.6 Å². The van der Waals surface area contributed by atoms with Gasteiger partial charge < -0.3 is 4.98 Å². The van der Waals surface area contributed by atoms with Gasteiger partial charge in [-0.2, -0.15) is 0 Å². The van der Waals surface area contributed by atoms with Crippen LogP contribution in [-0.2, 0) is 0 Å². The average Bonchev–Trinajstić information content (AvgIpc) is 2.74. The number of hydrogen-bond donors (Lipinski definition) is 1. The molecule has 2 rings (SSSR count). The number of carbonyl (C=O) groups is 1. The van der Waals surface area contributed by atoms with Gasteiger partial charge in [0.15, 0.2) is 5.78 Å². The normalized spacial score (nSPS) is 10.3. The van der Waals surface area contributed by atoms with Crippen molar-refractivity contribution >= 4 is 17.4 Å². The topological polar surface area (TPSA) is 32.9 Å². The molecule has 0 atom stereocenters. The molecule has 1 aromatic heterocycles. The van der Waals surface area contributed by atoms with Crippen molar-refractivity contribution in [2.24, 2.45) is 0 Å². The molecule has 0 fully saturated rings. The van der Waals surface area contributed by atoms with E-state index in [-0.39, 0.29) is 5.78 Å². The number of ketones is 1. The van der Waals surface area contributed by atoms with E-state index in [0.717, 1.165) is 5.56 Å². The van der Waals surface area contributed by atoms with Crippen LogP contribution in [0.4, 0.5) is 0 Å². The molecular formula is C12H10ClNO. The van der Waals surface area contributed by atoms with Crippen molar-refractivity contribution in [1.82, 2.24) is 4.98 Å². The SMILES string of the molecule is Cc1ccc(C(=O)c2cc[nH]c2)cc1Cl. The van der Waals surface area contributed by atoms with E-state index in [1.54, 1.807) is 30.6 Å². The molecule has 0 radical (unpaired) electrons. The Morgan fingerprint density at radius 3 is 2.67 bits per heavy atom. The van der Waals surface area contributed by atoms with Crippen LogP contribution in [0.1, 0.15) is 21.5 Å². The zero-order valence-corrected chi connectivity index (χ0v) is 9.01. The average molecular weight is 220 g/mol. The molecule has 2 aromatic rings. The second kappa shape index (κ2) is 3.91. The molecule has 0 amide bonds. The van der Waals surface area contributed by atoms with Crippen LogP contribution in [-0.4, -0.2) is 10.8 Å². The Morgan fingerprint density at radius 1 is 1.27 bits per heavy atom. The molecule has 76 valence electrons. The van der Waals surface area contributed by atoms with Gasteiger partial charge in [0.1, 0.15) is 0 Å². The molecule has 0 aliphatic carbocycles. The molecule has 1 aromatic carbocycles. The van der Waals surface area contributed by atoms with Crippen LogP contribution in [0.25, 0.3) is 0 Å². The van der Waals surface area contributed by atoms with Gasteiger partial charge in [-0.3, -0.25) is 4.79 Å². The third-order valence-corrected chi connectivity index (χ3v) is 2.70. The minimum absolute atomic E-state index is 0.0156. The molecule has 1 N–H and O–H groups in total.